The molecule has 0 saturated carbocycles. The molecule has 8 nitrogen and oxygen atoms in total. The number of amides is 3. The van der Waals surface area contributed by atoms with E-state index in [2.05, 4.69) is 10.1 Å². The van der Waals surface area contributed by atoms with Gasteiger partial charge in [0.1, 0.15) is 0 Å². The lowest BCUT2D eigenvalue weighted by molar-refractivity contribution is -0.123. The summed E-state index contributed by atoms with van der Waals surface area (Å²) in [5.41, 5.74) is -0.000654. The van der Waals surface area contributed by atoms with Crippen LogP contribution in [0.3, 0.4) is 0 Å². The summed E-state index contributed by atoms with van der Waals surface area (Å²) in [6.07, 6.45) is 0. The molecule has 1 aromatic rings. The number of hydrogen-bond donors (Lipinski definition) is 2. The van der Waals surface area contributed by atoms with Crippen molar-refractivity contribution >= 4 is 23.9 Å². The van der Waals surface area contributed by atoms with E-state index in [1.54, 1.807) is 13.0 Å². The monoisotopic (exact) mass is 308 g/mol. The van der Waals surface area contributed by atoms with Gasteiger partial charge >= 0.3 is 18.0 Å². The fourth-order valence-corrected chi connectivity index (χ4v) is 1.53. The van der Waals surface area contributed by atoms with Crippen molar-refractivity contribution in [2.24, 2.45) is 0 Å². The number of nitrogens with one attached hydrogen (secondary N) is 2. The highest BCUT2D eigenvalue weighted by Gasteiger charge is 2.19. The second-order valence-corrected chi connectivity index (χ2v) is 4.02. The topological polar surface area (TPSA) is 111 Å². The largest absolute Gasteiger partial charge is 0.465 e. The Hall–Kier alpha value is -2.90. The molecule has 0 radical (unpaired) electrons. The van der Waals surface area contributed by atoms with E-state index >= 15 is 0 Å². The zero-order chi connectivity index (χ0) is 16.5. The molecular weight excluding hydrogens is 292 g/mol. The Morgan fingerprint density at radius 1 is 1.05 bits per heavy atom. The number of carbonyl (C=O) groups excluding carboxylic acids is 4. The van der Waals surface area contributed by atoms with Gasteiger partial charge in [0.05, 0.1) is 18.2 Å². The van der Waals surface area contributed by atoms with Crippen LogP contribution < -0.4 is 10.6 Å². The molecule has 8 heteroatoms. The first-order valence-corrected chi connectivity index (χ1v) is 6.41. The number of rotatable bonds is 5. The number of imide groups is 1. The molecule has 0 spiro atoms. The third-order valence-electron chi connectivity index (χ3n) is 2.48. The van der Waals surface area contributed by atoms with Crippen molar-refractivity contribution in [3.63, 3.8) is 0 Å². The van der Waals surface area contributed by atoms with Gasteiger partial charge in [-0.05, 0) is 19.1 Å². The van der Waals surface area contributed by atoms with Crippen molar-refractivity contribution in [3.8, 4) is 0 Å². The van der Waals surface area contributed by atoms with Crippen LogP contribution in [-0.4, -0.2) is 44.1 Å². The zero-order valence-corrected chi connectivity index (χ0v) is 12.2. The highest BCUT2D eigenvalue weighted by atomic mass is 16.5. The van der Waals surface area contributed by atoms with E-state index in [1.165, 1.54) is 25.3 Å². The Balaban J connectivity index is 2.65. The first-order valence-electron chi connectivity index (χ1n) is 6.41. The summed E-state index contributed by atoms with van der Waals surface area (Å²) in [5, 5.41) is 4.33. The van der Waals surface area contributed by atoms with E-state index < -0.39 is 30.5 Å². The summed E-state index contributed by atoms with van der Waals surface area (Å²) < 4.78 is 9.32. The minimum Gasteiger partial charge on any atom is -0.465 e. The quantitative estimate of drug-likeness (QED) is 0.765. The molecule has 118 valence electrons. The van der Waals surface area contributed by atoms with Crippen LogP contribution in [0.15, 0.2) is 24.3 Å². The summed E-state index contributed by atoms with van der Waals surface area (Å²) in [7, 11) is 1.18. The van der Waals surface area contributed by atoms with Crippen LogP contribution in [0.4, 0.5) is 4.79 Å². The van der Waals surface area contributed by atoms with Gasteiger partial charge < -0.3 is 14.8 Å². The van der Waals surface area contributed by atoms with Gasteiger partial charge in [-0.25, -0.2) is 14.4 Å². The van der Waals surface area contributed by atoms with Crippen molar-refractivity contribution in [2.75, 3.05) is 20.3 Å². The van der Waals surface area contributed by atoms with E-state index in [0.29, 0.717) is 6.54 Å². The smallest absolute Gasteiger partial charge is 0.339 e. The number of methoxy groups -OCH3 is 1. The predicted molar refractivity (Wildman–Crippen MR) is 75.3 cm³/mol. The molecule has 0 aromatic heterocycles. The van der Waals surface area contributed by atoms with Crippen LogP contribution >= 0.6 is 0 Å². The fraction of sp³-hybridized carbons (Fsp3) is 0.286. The number of ether oxygens (including phenoxy) is 2. The molecule has 1 rings (SSSR count). The van der Waals surface area contributed by atoms with Crippen molar-refractivity contribution in [3.05, 3.63) is 35.4 Å². The molecule has 0 atom stereocenters. The molecule has 1 aromatic carbocycles. The lowest BCUT2D eigenvalue weighted by Crippen LogP contribution is -2.41. The summed E-state index contributed by atoms with van der Waals surface area (Å²) in [6, 6.07) is 5.19. The molecule has 3 amide bonds. The summed E-state index contributed by atoms with van der Waals surface area (Å²) in [6.45, 7) is 1.39. The minimum atomic E-state index is -0.868. The van der Waals surface area contributed by atoms with E-state index in [-0.39, 0.29) is 11.1 Å². The lowest BCUT2D eigenvalue weighted by atomic mass is 10.1. The van der Waals surface area contributed by atoms with E-state index in [0.717, 1.165) is 0 Å². The Bertz CT molecular complexity index is 584. The SMILES string of the molecule is CCNC(=O)NC(=O)COC(=O)c1ccccc1C(=O)OC. The Kier molecular flexibility index (Phi) is 6.55. The maximum Gasteiger partial charge on any atom is 0.339 e. The molecule has 0 unspecified atom stereocenters. The normalized spacial score (nSPS) is 9.55. The van der Waals surface area contributed by atoms with Crippen LogP contribution in [0.1, 0.15) is 27.6 Å². The van der Waals surface area contributed by atoms with E-state index in [4.69, 9.17) is 4.74 Å². The van der Waals surface area contributed by atoms with Gasteiger partial charge in [0, 0.05) is 6.54 Å². The van der Waals surface area contributed by atoms with Crippen LogP contribution in [0.5, 0.6) is 0 Å². The second-order valence-electron chi connectivity index (χ2n) is 4.02. The third kappa shape index (κ3) is 4.89. The average molecular weight is 308 g/mol. The first-order chi connectivity index (χ1) is 10.5. The van der Waals surface area contributed by atoms with Gasteiger partial charge in [-0.15, -0.1) is 0 Å². The minimum absolute atomic E-state index is 0.0270. The first kappa shape index (κ1) is 17.2. The zero-order valence-electron chi connectivity index (χ0n) is 12.2. The molecule has 0 aliphatic heterocycles. The van der Waals surface area contributed by atoms with Crippen LogP contribution in [0, 0.1) is 0 Å². The van der Waals surface area contributed by atoms with Crippen molar-refractivity contribution < 1.29 is 28.7 Å². The molecule has 0 fully saturated rings. The van der Waals surface area contributed by atoms with Crippen LogP contribution in [0.2, 0.25) is 0 Å². The Morgan fingerprint density at radius 3 is 2.18 bits per heavy atom. The highest BCUT2D eigenvalue weighted by molar-refractivity contribution is 6.04. The van der Waals surface area contributed by atoms with Crippen LogP contribution in [0.25, 0.3) is 0 Å². The predicted octanol–water partition coefficient (Wildman–Crippen LogP) is 0.476. The molecule has 22 heavy (non-hydrogen) atoms. The van der Waals surface area contributed by atoms with Gasteiger partial charge in [0.25, 0.3) is 5.91 Å². The number of esters is 2. The van der Waals surface area contributed by atoms with Crippen molar-refractivity contribution in [1.29, 1.82) is 0 Å². The van der Waals surface area contributed by atoms with E-state index in [9.17, 15) is 19.2 Å². The van der Waals surface area contributed by atoms with Crippen LogP contribution in [-0.2, 0) is 14.3 Å². The molecule has 0 aliphatic rings. The number of urea groups is 1. The van der Waals surface area contributed by atoms with Gasteiger partial charge in [-0.2, -0.15) is 0 Å². The maximum absolute atomic E-state index is 11.9. The second kappa shape index (κ2) is 8.40. The van der Waals surface area contributed by atoms with Gasteiger partial charge in [0.2, 0.25) is 0 Å². The molecule has 2 N–H and O–H groups in total. The summed E-state index contributed by atoms with van der Waals surface area (Å²) in [5.74, 6) is -2.35. The molecular formula is C14H16N2O6. The molecule has 0 saturated heterocycles. The third-order valence-corrected chi connectivity index (χ3v) is 2.48. The lowest BCUT2D eigenvalue weighted by Gasteiger charge is -2.08. The Morgan fingerprint density at radius 2 is 1.64 bits per heavy atom. The van der Waals surface area contributed by atoms with Crippen molar-refractivity contribution in [2.45, 2.75) is 6.92 Å². The van der Waals surface area contributed by atoms with Gasteiger partial charge in [-0.1, -0.05) is 12.1 Å². The summed E-state index contributed by atoms with van der Waals surface area (Å²) in [4.78, 5) is 45.9. The number of benzene rings is 1. The maximum atomic E-state index is 11.9. The Labute approximate surface area is 126 Å². The molecule has 0 heterocycles. The summed E-state index contributed by atoms with van der Waals surface area (Å²) >= 11 is 0. The molecule has 0 aliphatic carbocycles. The van der Waals surface area contributed by atoms with Crippen molar-refractivity contribution in [1.82, 2.24) is 10.6 Å². The average Bonchev–Trinajstić information content (AvgIpc) is 2.52. The van der Waals surface area contributed by atoms with E-state index in [1.807, 2.05) is 5.32 Å². The van der Waals surface area contributed by atoms with Gasteiger partial charge in [-0.3, -0.25) is 10.1 Å². The van der Waals surface area contributed by atoms with Gasteiger partial charge in [0.15, 0.2) is 6.61 Å². The number of carbonyl (C=O) groups is 4. The fourth-order valence-electron chi connectivity index (χ4n) is 1.53. The number of hydrogen-bond acceptors (Lipinski definition) is 6. The highest BCUT2D eigenvalue weighted by Crippen LogP contribution is 2.11. The molecule has 0 bridgehead atoms. The standard InChI is InChI=1S/C14H16N2O6/c1-3-15-14(20)16-11(17)8-22-13(19)10-7-5-4-6-9(10)12(18)21-2/h4-7H,3,8H2,1-2H3,(H2,15,16,17,20).